The fourth-order valence-corrected chi connectivity index (χ4v) is 3.32. The second-order valence-electron chi connectivity index (χ2n) is 6.22. The first-order chi connectivity index (χ1) is 11.1. The van der Waals surface area contributed by atoms with Crippen molar-refractivity contribution in [2.75, 3.05) is 26.2 Å². The Hall–Kier alpha value is -1.75. The van der Waals surface area contributed by atoms with Gasteiger partial charge in [-0.05, 0) is 49.9 Å². The molecular formula is C17H22ClN3O2. The molecule has 23 heavy (non-hydrogen) atoms. The van der Waals surface area contributed by atoms with Crippen LogP contribution in [0.3, 0.4) is 0 Å². The van der Waals surface area contributed by atoms with Crippen LogP contribution in [0, 0.1) is 0 Å². The van der Waals surface area contributed by atoms with E-state index in [1.165, 1.54) is 0 Å². The third kappa shape index (κ3) is 3.96. The molecule has 0 atom stereocenters. The lowest BCUT2D eigenvalue weighted by molar-refractivity contribution is 0.0912. The Bertz CT molecular complexity index is 562. The number of amides is 3. The summed E-state index contributed by atoms with van der Waals surface area (Å²) in [6, 6.07) is 7.17. The van der Waals surface area contributed by atoms with Crippen molar-refractivity contribution in [1.82, 2.24) is 15.1 Å². The molecule has 3 amide bonds. The second-order valence-corrected chi connectivity index (χ2v) is 6.65. The average molecular weight is 336 g/mol. The minimum absolute atomic E-state index is 0.0778. The van der Waals surface area contributed by atoms with Crippen molar-refractivity contribution in [1.29, 1.82) is 0 Å². The van der Waals surface area contributed by atoms with E-state index in [0.717, 1.165) is 38.8 Å². The van der Waals surface area contributed by atoms with E-state index in [9.17, 15) is 9.59 Å². The number of benzene rings is 1. The van der Waals surface area contributed by atoms with Gasteiger partial charge in [0.1, 0.15) is 0 Å². The number of piperidine rings is 1. The van der Waals surface area contributed by atoms with Crippen LogP contribution in [0.1, 0.15) is 36.0 Å². The van der Waals surface area contributed by atoms with Gasteiger partial charge in [0.25, 0.3) is 5.91 Å². The Kier molecular flexibility index (Phi) is 5.06. The number of carbonyl (C=O) groups excluding carboxylic acids is 2. The van der Waals surface area contributed by atoms with E-state index in [4.69, 9.17) is 11.6 Å². The fourth-order valence-electron chi connectivity index (χ4n) is 3.19. The maximum Gasteiger partial charge on any atom is 0.319 e. The van der Waals surface area contributed by atoms with Gasteiger partial charge >= 0.3 is 6.03 Å². The monoisotopic (exact) mass is 335 g/mol. The number of carbonyl (C=O) groups is 2. The Balaban J connectivity index is 1.48. The van der Waals surface area contributed by atoms with Crippen molar-refractivity contribution in [2.45, 2.75) is 31.7 Å². The van der Waals surface area contributed by atoms with Crippen molar-refractivity contribution in [3.05, 3.63) is 34.9 Å². The quantitative estimate of drug-likeness (QED) is 0.903. The zero-order valence-electron chi connectivity index (χ0n) is 13.1. The summed E-state index contributed by atoms with van der Waals surface area (Å²) in [6.45, 7) is 3.18. The molecule has 2 fully saturated rings. The molecule has 3 rings (SSSR count). The van der Waals surface area contributed by atoms with Gasteiger partial charge in [0, 0.05) is 42.8 Å². The number of hydrogen-bond acceptors (Lipinski definition) is 2. The van der Waals surface area contributed by atoms with Gasteiger partial charge in [-0.1, -0.05) is 11.6 Å². The first-order valence-corrected chi connectivity index (χ1v) is 8.61. The maximum absolute atomic E-state index is 12.3. The van der Waals surface area contributed by atoms with Crippen molar-refractivity contribution in [3.8, 4) is 0 Å². The highest BCUT2D eigenvalue weighted by Crippen LogP contribution is 2.17. The SMILES string of the molecule is O=C(NC1CCN(C(=O)N2CCCC2)CC1)c1ccc(Cl)cc1. The summed E-state index contributed by atoms with van der Waals surface area (Å²) < 4.78 is 0. The van der Waals surface area contributed by atoms with E-state index in [-0.39, 0.29) is 18.0 Å². The molecule has 1 N–H and O–H groups in total. The molecule has 2 aliphatic heterocycles. The molecule has 0 spiro atoms. The fraction of sp³-hybridized carbons (Fsp3) is 0.529. The number of hydrogen-bond donors (Lipinski definition) is 1. The summed E-state index contributed by atoms with van der Waals surface area (Å²) >= 11 is 5.83. The van der Waals surface area contributed by atoms with E-state index in [0.29, 0.717) is 23.7 Å². The summed E-state index contributed by atoms with van der Waals surface area (Å²) in [5.74, 6) is -0.0778. The van der Waals surface area contributed by atoms with Crippen LogP contribution in [0.4, 0.5) is 4.79 Å². The van der Waals surface area contributed by atoms with Crippen molar-refractivity contribution >= 4 is 23.5 Å². The van der Waals surface area contributed by atoms with E-state index in [1.54, 1.807) is 24.3 Å². The summed E-state index contributed by atoms with van der Waals surface area (Å²) in [6.07, 6.45) is 3.83. The van der Waals surface area contributed by atoms with Crippen LogP contribution in [-0.4, -0.2) is 54.0 Å². The van der Waals surface area contributed by atoms with E-state index < -0.39 is 0 Å². The number of nitrogens with zero attached hydrogens (tertiary/aromatic N) is 2. The Morgan fingerprint density at radius 1 is 0.957 bits per heavy atom. The molecule has 0 bridgehead atoms. The van der Waals surface area contributed by atoms with Crippen molar-refractivity contribution in [3.63, 3.8) is 0 Å². The van der Waals surface area contributed by atoms with Gasteiger partial charge < -0.3 is 15.1 Å². The highest BCUT2D eigenvalue weighted by molar-refractivity contribution is 6.30. The van der Waals surface area contributed by atoms with Crippen LogP contribution in [0.2, 0.25) is 5.02 Å². The third-order valence-corrected chi connectivity index (χ3v) is 4.84. The minimum Gasteiger partial charge on any atom is -0.349 e. The molecule has 0 aromatic heterocycles. The van der Waals surface area contributed by atoms with Crippen LogP contribution in [0.5, 0.6) is 0 Å². The van der Waals surface area contributed by atoms with Gasteiger partial charge in [0.05, 0.1) is 0 Å². The molecule has 2 saturated heterocycles. The molecule has 0 aliphatic carbocycles. The third-order valence-electron chi connectivity index (χ3n) is 4.58. The molecule has 0 saturated carbocycles. The largest absolute Gasteiger partial charge is 0.349 e. The molecular weight excluding hydrogens is 314 g/mol. The van der Waals surface area contributed by atoms with Gasteiger partial charge in [-0.2, -0.15) is 0 Å². The van der Waals surface area contributed by atoms with Crippen LogP contribution >= 0.6 is 11.6 Å². The smallest absolute Gasteiger partial charge is 0.319 e. The summed E-state index contributed by atoms with van der Waals surface area (Å²) in [7, 11) is 0. The first kappa shape index (κ1) is 16.1. The lowest BCUT2D eigenvalue weighted by atomic mass is 10.0. The van der Waals surface area contributed by atoms with Gasteiger partial charge in [-0.3, -0.25) is 4.79 Å². The van der Waals surface area contributed by atoms with Crippen LogP contribution in [0.25, 0.3) is 0 Å². The summed E-state index contributed by atoms with van der Waals surface area (Å²) in [4.78, 5) is 28.4. The molecule has 5 nitrogen and oxygen atoms in total. The summed E-state index contributed by atoms with van der Waals surface area (Å²) in [5, 5.41) is 3.67. The lowest BCUT2D eigenvalue weighted by Crippen LogP contribution is -2.50. The number of urea groups is 1. The lowest BCUT2D eigenvalue weighted by Gasteiger charge is -2.34. The first-order valence-electron chi connectivity index (χ1n) is 8.24. The molecule has 2 aliphatic rings. The molecule has 0 unspecified atom stereocenters. The molecule has 6 heteroatoms. The second kappa shape index (κ2) is 7.21. The zero-order valence-corrected chi connectivity index (χ0v) is 13.9. The highest BCUT2D eigenvalue weighted by atomic mass is 35.5. The average Bonchev–Trinajstić information content (AvgIpc) is 3.10. The normalized spacial score (nSPS) is 19.0. The number of halogens is 1. The van der Waals surface area contributed by atoms with Gasteiger partial charge in [-0.25, -0.2) is 4.79 Å². The number of nitrogens with one attached hydrogen (secondary N) is 1. The van der Waals surface area contributed by atoms with Crippen LogP contribution < -0.4 is 5.32 Å². The van der Waals surface area contributed by atoms with Crippen LogP contribution in [0.15, 0.2) is 24.3 Å². The van der Waals surface area contributed by atoms with Crippen LogP contribution in [-0.2, 0) is 0 Å². The van der Waals surface area contributed by atoms with E-state index >= 15 is 0 Å². The van der Waals surface area contributed by atoms with Gasteiger partial charge in [0.2, 0.25) is 0 Å². The molecule has 2 heterocycles. The topological polar surface area (TPSA) is 52.7 Å². The molecule has 1 aromatic carbocycles. The summed E-state index contributed by atoms with van der Waals surface area (Å²) in [5.41, 5.74) is 0.616. The minimum atomic E-state index is -0.0778. The standard InChI is InChI=1S/C17H22ClN3O2/c18-14-5-3-13(4-6-14)16(22)19-15-7-11-21(12-8-15)17(23)20-9-1-2-10-20/h3-6,15H,1-2,7-12H2,(H,19,22). The molecule has 0 radical (unpaired) electrons. The zero-order chi connectivity index (χ0) is 16.2. The molecule has 124 valence electrons. The van der Waals surface area contributed by atoms with E-state index in [1.807, 2.05) is 9.80 Å². The van der Waals surface area contributed by atoms with Crippen molar-refractivity contribution in [2.24, 2.45) is 0 Å². The van der Waals surface area contributed by atoms with E-state index in [2.05, 4.69) is 5.32 Å². The number of likely N-dealkylation sites (tertiary alicyclic amines) is 2. The van der Waals surface area contributed by atoms with Gasteiger partial charge in [0.15, 0.2) is 0 Å². The molecule has 1 aromatic rings. The number of rotatable bonds is 2. The predicted octanol–water partition coefficient (Wildman–Crippen LogP) is 2.75. The highest BCUT2D eigenvalue weighted by Gasteiger charge is 2.28. The van der Waals surface area contributed by atoms with Gasteiger partial charge in [-0.15, -0.1) is 0 Å². The predicted molar refractivity (Wildman–Crippen MR) is 89.7 cm³/mol. The Morgan fingerprint density at radius 2 is 1.52 bits per heavy atom. The maximum atomic E-state index is 12.3. The Labute approximate surface area is 141 Å². The van der Waals surface area contributed by atoms with Crippen molar-refractivity contribution < 1.29 is 9.59 Å². The Morgan fingerprint density at radius 3 is 2.13 bits per heavy atom.